The van der Waals surface area contributed by atoms with Crippen molar-refractivity contribution in [2.24, 2.45) is 0 Å². The van der Waals surface area contributed by atoms with Gasteiger partial charge in [-0.2, -0.15) is 0 Å². The summed E-state index contributed by atoms with van der Waals surface area (Å²) in [6, 6.07) is 7.34. The molecule has 1 aromatic rings. The maximum absolute atomic E-state index is 12.2. The molecular formula is C15H21NO3. The maximum Gasteiger partial charge on any atom is 0.180 e. The SMILES string of the molecule is COc1ccccc1C(=O)CN(C)CC1CCCO1. The lowest BCUT2D eigenvalue weighted by atomic mass is 10.1. The molecule has 0 aliphatic carbocycles. The maximum atomic E-state index is 12.2. The molecule has 1 unspecified atom stereocenters. The molecule has 1 aromatic carbocycles. The summed E-state index contributed by atoms with van der Waals surface area (Å²) in [6.45, 7) is 2.04. The molecule has 1 saturated heterocycles. The lowest BCUT2D eigenvalue weighted by Crippen LogP contribution is -2.33. The fourth-order valence-electron chi connectivity index (χ4n) is 2.41. The number of rotatable bonds is 6. The Morgan fingerprint density at radius 3 is 2.95 bits per heavy atom. The van der Waals surface area contributed by atoms with Gasteiger partial charge in [-0.15, -0.1) is 0 Å². The largest absolute Gasteiger partial charge is 0.496 e. The highest BCUT2D eigenvalue weighted by Gasteiger charge is 2.20. The molecular weight excluding hydrogens is 242 g/mol. The van der Waals surface area contributed by atoms with E-state index in [-0.39, 0.29) is 11.9 Å². The summed E-state index contributed by atoms with van der Waals surface area (Å²) in [4.78, 5) is 14.3. The highest BCUT2D eigenvalue weighted by molar-refractivity contribution is 6.00. The quantitative estimate of drug-likeness (QED) is 0.736. The smallest absolute Gasteiger partial charge is 0.180 e. The molecule has 2 rings (SSSR count). The molecule has 104 valence electrons. The molecule has 4 heteroatoms. The second-order valence-electron chi connectivity index (χ2n) is 4.96. The molecule has 19 heavy (non-hydrogen) atoms. The van der Waals surface area contributed by atoms with E-state index >= 15 is 0 Å². The van der Waals surface area contributed by atoms with Crippen LogP contribution in [0.2, 0.25) is 0 Å². The van der Waals surface area contributed by atoms with Crippen LogP contribution in [-0.2, 0) is 4.74 Å². The molecule has 0 spiro atoms. The second-order valence-corrected chi connectivity index (χ2v) is 4.96. The van der Waals surface area contributed by atoms with Crippen LogP contribution in [0.3, 0.4) is 0 Å². The van der Waals surface area contributed by atoms with Gasteiger partial charge in [0.05, 0.1) is 25.3 Å². The number of nitrogens with zero attached hydrogens (tertiary/aromatic N) is 1. The molecule has 0 aromatic heterocycles. The number of ketones is 1. The number of para-hydroxylation sites is 1. The molecule has 0 amide bonds. The average molecular weight is 263 g/mol. The normalized spacial score (nSPS) is 18.8. The molecule has 0 radical (unpaired) electrons. The van der Waals surface area contributed by atoms with Gasteiger partial charge in [0.25, 0.3) is 0 Å². The van der Waals surface area contributed by atoms with Crippen LogP contribution in [0.5, 0.6) is 5.75 Å². The first-order chi connectivity index (χ1) is 9.20. The molecule has 0 N–H and O–H groups in total. The number of Topliss-reactive ketones (excluding diaryl/α,β-unsaturated/α-hetero) is 1. The van der Waals surface area contributed by atoms with Gasteiger partial charge in [-0.05, 0) is 32.0 Å². The molecule has 1 aliphatic rings. The first-order valence-corrected chi connectivity index (χ1v) is 6.67. The van der Waals surface area contributed by atoms with Gasteiger partial charge < -0.3 is 9.47 Å². The Morgan fingerprint density at radius 1 is 1.47 bits per heavy atom. The van der Waals surface area contributed by atoms with Crippen molar-refractivity contribution < 1.29 is 14.3 Å². The summed E-state index contributed by atoms with van der Waals surface area (Å²) in [5, 5.41) is 0. The van der Waals surface area contributed by atoms with Gasteiger partial charge in [-0.1, -0.05) is 12.1 Å². The average Bonchev–Trinajstić information content (AvgIpc) is 2.91. The third-order valence-corrected chi connectivity index (χ3v) is 3.36. The van der Waals surface area contributed by atoms with Crippen LogP contribution >= 0.6 is 0 Å². The van der Waals surface area contributed by atoms with E-state index in [1.165, 1.54) is 0 Å². The van der Waals surface area contributed by atoms with Crippen molar-refractivity contribution >= 4 is 5.78 Å². The van der Waals surface area contributed by atoms with E-state index in [4.69, 9.17) is 9.47 Å². The van der Waals surface area contributed by atoms with Gasteiger partial charge in [0.2, 0.25) is 0 Å². The summed E-state index contributed by atoms with van der Waals surface area (Å²) >= 11 is 0. The van der Waals surface area contributed by atoms with E-state index in [1.54, 1.807) is 13.2 Å². The van der Waals surface area contributed by atoms with Crippen molar-refractivity contribution in [2.45, 2.75) is 18.9 Å². The molecule has 4 nitrogen and oxygen atoms in total. The van der Waals surface area contributed by atoms with Gasteiger partial charge in [-0.3, -0.25) is 9.69 Å². The van der Waals surface area contributed by atoms with Crippen LogP contribution in [0.4, 0.5) is 0 Å². The minimum absolute atomic E-state index is 0.0814. The van der Waals surface area contributed by atoms with Gasteiger partial charge in [0, 0.05) is 13.2 Å². The number of carbonyl (C=O) groups is 1. The summed E-state index contributed by atoms with van der Waals surface area (Å²) in [5.41, 5.74) is 0.643. The van der Waals surface area contributed by atoms with Crippen molar-refractivity contribution in [3.63, 3.8) is 0 Å². The number of ether oxygens (including phenoxy) is 2. The zero-order chi connectivity index (χ0) is 13.7. The number of benzene rings is 1. The Balaban J connectivity index is 1.92. The topological polar surface area (TPSA) is 38.8 Å². The van der Waals surface area contributed by atoms with Gasteiger partial charge in [0.15, 0.2) is 5.78 Å². The Kier molecular flexibility index (Phi) is 4.93. The van der Waals surface area contributed by atoms with Crippen LogP contribution < -0.4 is 4.74 Å². The van der Waals surface area contributed by atoms with Crippen LogP contribution in [0.25, 0.3) is 0 Å². The molecule has 0 bridgehead atoms. The van der Waals surface area contributed by atoms with E-state index in [1.807, 2.05) is 30.1 Å². The number of methoxy groups -OCH3 is 1. The Hall–Kier alpha value is -1.39. The second kappa shape index (κ2) is 6.68. The van der Waals surface area contributed by atoms with Gasteiger partial charge in [0.1, 0.15) is 5.75 Å². The molecule has 1 aliphatic heterocycles. The van der Waals surface area contributed by atoms with E-state index in [0.717, 1.165) is 26.0 Å². The van der Waals surface area contributed by atoms with Gasteiger partial charge >= 0.3 is 0 Å². The summed E-state index contributed by atoms with van der Waals surface area (Å²) in [7, 11) is 3.54. The third kappa shape index (κ3) is 3.78. The number of likely N-dealkylation sites (N-methyl/N-ethyl adjacent to an activating group) is 1. The van der Waals surface area contributed by atoms with E-state index in [2.05, 4.69) is 0 Å². The number of hydrogen-bond donors (Lipinski definition) is 0. The summed E-state index contributed by atoms with van der Waals surface area (Å²) in [5.74, 6) is 0.718. The molecule has 1 heterocycles. The summed E-state index contributed by atoms with van der Waals surface area (Å²) in [6.07, 6.45) is 2.49. The standard InChI is InChI=1S/C15H21NO3/c1-16(10-12-6-5-9-19-12)11-14(17)13-7-3-4-8-15(13)18-2/h3-4,7-8,12H,5-6,9-11H2,1-2H3. The first kappa shape index (κ1) is 14.0. The lowest BCUT2D eigenvalue weighted by Gasteiger charge is -2.20. The zero-order valence-corrected chi connectivity index (χ0v) is 11.6. The van der Waals surface area contributed by atoms with Crippen molar-refractivity contribution in [2.75, 3.05) is 33.9 Å². The van der Waals surface area contributed by atoms with Crippen LogP contribution in [0, 0.1) is 0 Å². The molecule has 0 saturated carbocycles. The van der Waals surface area contributed by atoms with Crippen molar-refractivity contribution in [3.8, 4) is 5.75 Å². The number of carbonyl (C=O) groups excluding carboxylic acids is 1. The van der Waals surface area contributed by atoms with Crippen molar-refractivity contribution in [1.29, 1.82) is 0 Å². The molecule has 1 atom stereocenters. The fraction of sp³-hybridized carbons (Fsp3) is 0.533. The van der Waals surface area contributed by atoms with E-state index in [0.29, 0.717) is 17.9 Å². The predicted molar refractivity (Wildman–Crippen MR) is 73.8 cm³/mol. The van der Waals surface area contributed by atoms with Crippen molar-refractivity contribution in [1.82, 2.24) is 4.90 Å². The third-order valence-electron chi connectivity index (χ3n) is 3.36. The van der Waals surface area contributed by atoms with Crippen LogP contribution in [-0.4, -0.2) is 50.6 Å². The summed E-state index contributed by atoms with van der Waals surface area (Å²) < 4.78 is 10.8. The van der Waals surface area contributed by atoms with E-state index in [9.17, 15) is 4.79 Å². The Morgan fingerprint density at radius 2 is 2.26 bits per heavy atom. The van der Waals surface area contributed by atoms with Crippen LogP contribution in [0.15, 0.2) is 24.3 Å². The Labute approximate surface area is 114 Å². The van der Waals surface area contributed by atoms with Gasteiger partial charge in [-0.25, -0.2) is 0 Å². The minimum atomic E-state index is 0.0814. The fourth-order valence-corrected chi connectivity index (χ4v) is 2.41. The number of hydrogen-bond acceptors (Lipinski definition) is 4. The minimum Gasteiger partial charge on any atom is -0.496 e. The Bertz CT molecular complexity index is 427. The first-order valence-electron chi connectivity index (χ1n) is 6.67. The van der Waals surface area contributed by atoms with E-state index < -0.39 is 0 Å². The monoisotopic (exact) mass is 263 g/mol. The lowest BCUT2D eigenvalue weighted by molar-refractivity contribution is 0.0739. The molecule has 1 fully saturated rings. The van der Waals surface area contributed by atoms with Crippen molar-refractivity contribution in [3.05, 3.63) is 29.8 Å². The highest BCUT2D eigenvalue weighted by atomic mass is 16.5. The predicted octanol–water partition coefficient (Wildman–Crippen LogP) is 1.99. The highest BCUT2D eigenvalue weighted by Crippen LogP contribution is 2.18. The van der Waals surface area contributed by atoms with Crippen LogP contribution in [0.1, 0.15) is 23.2 Å². The zero-order valence-electron chi connectivity index (χ0n) is 11.6.